The first-order chi connectivity index (χ1) is 10.6. The average Bonchev–Trinajstić information content (AvgIpc) is 2.56. The molecule has 21 heavy (non-hydrogen) atoms. The van der Waals surface area contributed by atoms with Crippen LogP contribution in [0.5, 0.6) is 0 Å². The fraction of sp³-hybridized carbons (Fsp3) is 0.100. The third-order valence-corrected chi connectivity index (χ3v) is 4.34. The molecule has 0 nitrogen and oxygen atoms in total. The summed E-state index contributed by atoms with van der Waals surface area (Å²) in [5.41, 5.74) is 3.94. The van der Waals surface area contributed by atoms with Crippen LogP contribution in [0.15, 0.2) is 84.9 Å². The number of hydrogen-bond donors (Lipinski definition) is 0. The zero-order valence-electron chi connectivity index (χ0n) is 12.9. The Morgan fingerprint density at radius 1 is 0.714 bits per heavy atom. The summed E-state index contributed by atoms with van der Waals surface area (Å²) in [5, 5.41) is 0. The molecule has 1 unspecified atom stereocenters. The van der Waals surface area contributed by atoms with Crippen LogP contribution in [0.25, 0.3) is 0 Å². The van der Waals surface area contributed by atoms with Crippen molar-refractivity contribution in [1.82, 2.24) is 0 Å². The van der Waals surface area contributed by atoms with Crippen LogP contribution in [0.1, 0.15) is 23.6 Å². The normalized spacial score (nSPS) is 14.3. The summed E-state index contributed by atoms with van der Waals surface area (Å²) in [5.74, 6) is 0. The summed E-state index contributed by atoms with van der Waals surface area (Å²) in [6.07, 6.45) is 0. The van der Waals surface area contributed by atoms with E-state index in [1.54, 1.807) is 6.07 Å². The van der Waals surface area contributed by atoms with Crippen molar-refractivity contribution in [3.63, 3.8) is 0 Å². The van der Waals surface area contributed by atoms with Gasteiger partial charge in [0.15, 0.2) is 0 Å². The minimum Gasteiger partial charge on any atom is -0.104 e. The van der Waals surface area contributed by atoms with E-state index in [1.165, 1.54) is 5.56 Å². The van der Waals surface area contributed by atoms with E-state index in [0.29, 0.717) is 6.04 Å². The Hall–Kier alpha value is -2.05. The quantitative estimate of drug-likeness (QED) is 0.440. The Morgan fingerprint density at radius 2 is 1.24 bits per heavy atom. The number of benzene rings is 3. The lowest BCUT2D eigenvalue weighted by molar-refractivity contribution is 0.879. The summed E-state index contributed by atoms with van der Waals surface area (Å²) >= 11 is 7.15. The van der Waals surface area contributed by atoms with Crippen LogP contribution < -0.4 is 0 Å². The highest BCUT2D eigenvalue weighted by Gasteiger charge is 2.33. The highest BCUT2D eigenvalue weighted by atomic mass is 35.5. The molecule has 0 heterocycles. The molecule has 0 aliphatic heterocycles. The van der Waals surface area contributed by atoms with E-state index in [4.69, 9.17) is 13.0 Å². The van der Waals surface area contributed by atoms with E-state index in [0.717, 1.165) is 16.7 Å². The van der Waals surface area contributed by atoms with Crippen molar-refractivity contribution in [3.8, 4) is 0 Å². The van der Waals surface area contributed by atoms with Crippen LogP contribution >= 0.6 is 11.6 Å². The Morgan fingerprint density at radius 3 is 1.86 bits per heavy atom. The van der Waals surface area contributed by atoms with Gasteiger partial charge in [-0.15, -0.1) is 11.6 Å². The van der Waals surface area contributed by atoms with Crippen LogP contribution in [-0.2, 0) is 4.87 Å². The third-order valence-electron chi connectivity index (χ3n) is 3.70. The highest BCUT2D eigenvalue weighted by Crippen LogP contribution is 2.42. The van der Waals surface area contributed by atoms with E-state index < -0.39 is 4.87 Å². The minimum atomic E-state index is -0.854. The number of rotatable bonds is 3. The summed E-state index contributed by atoms with van der Waals surface area (Å²) in [4.78, 5) is -0.854. The maximum Gasteiger partial charge on any atom is 0.119 e. The van der Waals surface area contributed by atoms with Crippen molar-refractivity contribution in [2.75, 3.05) is 0 Å². The maximum absolute atomic E-state index is 8.28. The van der Waals surface area contributed by atoms with Gasteiger partial charge in [-0.1, -0.05) is 90.5 Å². The molecule has 0 spiro atoms. The second-order valence-electron chi connectivity index (χ2n) is 5.17. The molecule has 0 saturated carbocycles. The lowest BCUT2D eigenvalue weighted by Crippen LogP contribution is -2.22. The van der Waals surface area contributed by atoms with Gasteiger partial charge in [-0.05, 0) is 23.6 Å². The van der Waals surface area contributed by atoms with Gasteiger partial charge in [0.05, 0.1) is 1.37 Å². The van der Waals surface area contributed by atoms with Gasteiger partial charge < -0.3 is 0 Å². The summed E-state index contributed by atoms with van der Waals surface area (Å²) < 4.78 is 8.28. The number of alkyl halides is 1. The molecule has 1 heteroatoms. The predicted octanol–water partition coefficient (Wildman–Crippen LogP) is 5.53. The molecule has 0 N–H and O–H groups in total. The molecule has 3 aromatic carbocycles. The lowest BCUT2D eigenvalue weighted by atomic mass is 9.84. The Bertz CT molecular complexity index is 765. The van der Waals surface area contributed by atoms with Gasteiger partial charge in [-0.3, -0.25) is 0 Å². The first kappa shape index (κ1) is 12.7. The number of halogens is 1. The van der Waals surface area contributed by atoms with Gasteiger partial charge in [0.2, 0.25) is 0 Å². The molecule has 0 aliphatic rings. The molecule has 0 radical (unpaired) electrons. The van der Waals surface area contributed by atoms with Crippen molar-refractivity contribution in [2.45, 2.75) is 11.8 Å². The fourth-order valence-corrected chi connectivity index (χ4v) is 2.91. The molecule has 0 aliphatic carbocycles. The van der Waals surface area contributed by atoms with Crippen LogP contribution in [0.4, 0.5) is 0 Å². The second-order valence-corrected chi connectivity index (χ2v) is 5.73. The van der Waals surface area contributed by atoms with Crippen LogP contribution in [0.2, 0.25) is 0 Å². The smallest absolute Gasteiger partial charge is 0.104 e. The molecule has 0 fully saturated rings. The van der Waals surface area contributed by atoms with Gasteiger partial charge in [0.25, 0.3) is 0 Å². The van der Waals surface area contributed by atoms with Crippen molar-refractivity contribution in [2.24, 2.45) is 0 Å². The SMILES string of the molecule is [2H]c1ccccc1C(Cl)(c1ccccc1)c1ccc(C)cc1. The second kappa shape index (κ2) is 5.75. The Kier molecular flexibility index (Phi) is 3.47. The Labute approximate surface area is 132 Å². The molecule has 0 bridgehead atoms. The van der Waals surface area contributed by atoms with Gasteiger partial charge in [-0.25, -0.2) is 0 Å². The topological polar surface area (TPSA) is 0 Å². The summed E-state index contributed by atoms with van der Waals surface area (Å²) in [7, 11) is 0. The molecule has 3 aromatic rings. The molecule has 0 amide bonds. The molecule has 3 rings (SSSR count). The van der Waals surface area contributed by atoms with Gasteiger partial charge in [0, 0.05) is 0 Å². The zero-order chi connectivity index (χ0) is 15.6. The standard InChI is InChI=1S/C20H17Cl/c1-16-12-14-19(15-13-16)20(21,17-8-4-2-5-9-17)18-10-6-3-7-11-18/h2-15H,1H3/i8D. The average molecular weight is 294 g/mol. The van der Waals surface area contributed by atoms with Crippen molar-refractivity contribution >= 4 is 11.6 Å². The monoisotopic (exact) mass is 293 g/mol. The van der Waals surface area contributed by atoms with E-state index in [1.807, 2.05) is 60.7 Å². The minimum absolute atomic E-state index is 0.446. The molecule has 0 saturated heterocycles. The maximum atomic E-state index is 8.28. The van der Waals surface area contributed by atoms with Crippen LogP contribution in [-0.4, -0.2) is 0 Å². The Balaban J connectivity index is 2.27. The molecule has 104 valence electrons. The first-order valence-corrected chi connectivity index (χ1v) is 7.38. The van der Waals surface area contributed by atoms with Crippen LogP contribution in [0, 0.1) is 6.92 Å². The van der Waals surface area contributed by atoms with E-state index >= 15 is 0 Å². The number of hydrogen-bond acceptors (Lipinski definition) is 0. The fourth-order valence-electron chi connectivity index (χ4n) is 2.54. The van der Waals surface area contributed by atoms with Gasteiger partial charge in [0.1, 0.15) is 4.87 Å². The largest absolute Gasteiger partial charge is 0.119 e. The summed E-state index contributed by atoms with van der Waals surface area (Å²) in [6, 6.07) is 26.1. The molecular formula is C20H17Cl. The van der Waals surface area contributed by atoms with E-state index in [2.05, 4.69) is 19.1 Å². The number of aryl methyl sites for hydroxylation is 1. The zero-order valence-corrected chi connectivity index (χ0v) is 12.6. The van der Waals surface area contributed by atoms with Crippen LogP contribution in [0.3, 0.4) is 0 Å². The van der Waals surface area contributed by atoms with E-state index in [-0.39, 0.29) is 0 Å². The van der Waals surface area contributed by atoms with Crippen molar-refractivity contribution in [3.05, 3.63) is 107 Å². The van der Waals surface area contributed by atoms with Gasteiger partial charge >= 0.3 is 0 Å². The van der Waals surface area contributed by atoms with E-state index in [9.17, 15) is 0 Å². The van der Waals surface area contributed by atoms with Crippen molar-refractivity contribution < 1.29 is 1.37 Å². The first-order valence-electron chi connectivity index (χ1n) is 7.50. The van der Waals surface area contributed by atoms with Gasteiger partial charge in [-0.2, -0.15) is 0 Å². The van der Waals surface area contributed by atoms with Crippen molar-refractivity contribution in [1.29, 1.82) is 0 Å². The molecule has 0 aromatic heterocycles. The third kappa shape index (κ3) is 2.59. The predicted molar refractivity (Wildman–Crippen MR) is 89.8 cm³/mol. The molecular weight excluding hydrogens is 276 g/mol. The molecule has 1 atom stereocenters. The lowest BCUT2D eigenvalue weighted by Gasteiger charge is -2.29. The summed E-state index contributed by atoms with van der Waals surface area (Å²) in [6.45, 7) is 2.06. The highest BCUT2D eigenvalue weighted by molar-refractivity contribution is 6.28.